The number of nitrogens with two attached hydrogens (primary N) is 1. The molecule has 0 heterocycles. The van der Waals surface area contributed by atoms with Crippen molar-refractivity contribution in [2.45, 2.75) is 19.4 Å². The van der Waals surface area contributed by atoms with Crippen molar-refractivity contribution < 1.29 is 14.3 Å². The number of carbonyl (C=O) groups excluding carboxylic acids is 1. The first-order valence-corrected chi connectivity index (χ1v) is 5.09. The number of methoxy groups -OCH3 is 2. The van der Waals surface area contributed by atoms with E-state index in [4.69, 9.17) is 10.5 Å². The van der Waals surface area contributed by atoms with Crippen LogP contribution in [0.4, 0.5) is 0 Å². The molecule has 0 saturated carbocycles. The van der Waals surface area contributed by atoms with Crippen LogP contribution in [0.25, 0.3) is 0 Å². The summed E-state index contributed by atoms with van der Waals surface area (Å²) < 4.78 is 9.87. The van der Waals surface area contributed by atoms with Crippen molar-refractivity contribution in [3.8, 4) is 5.75 Å². The second kappa shape index (κ2) is 5.51. The molecule has 0 amide bonds. The monoisotopic (exact) mass is 223 g/mol. The number of ether oxygens (including phenoxy) is 2. The first-order valence-electron chi connectivity index (χ1n) is 5.09. The molecule has 0 saturated heterocycles. The Morgan fingerprint density at radius 3 is 2.62 bits per heavy atom. The van der Waals surface area contributed by atoms with Crippen molar-refractivity contribution in [2.24, 2.45) is 5.73 Å². The molecule has 1 atom stereocenters. The average Bonchev–Trinajstić information content (AvgIpc) is 2.27. The summed E-state index contributed by atoms with van der Waals surface area (Å²) in [4.78, 5) is 11.4. The molecule has 0 spiro atoms. The Kier molecular flexibility index (Phi) is 4.31. The molecule has 0 aliphatic carbocycles. The van der Waals surface area contributed by atoms with Crippen molar-refractivity contribution in [1.82, 2.24) is 0 Å². The van der Waals surface area contributed by atoms with E-state index in [2.05, 4.69) is 4.74 Å². The molecule has 2 N–H and O–H groups in total. The molecular formula is C12H17NO3. The van der Waals surface area contributed by atoms with Crippen LogP contribution in [0.3, 0.4) is 0 Å². The van der Waals surface area contributed by atoms with E-state index >= 15 is 0 Å². The van der Waals surface area contributed by atoms with E-state index in [1.165, 1.54) is 7.11 Å². The number of hydrogen-bond donors (Lipinski definition) is 1. The molecule has 0 aliphatic heterocycles. The largest absolute Gasteiger partial charge is 0.496 e. The van der Waals surface area contributed by atoms with Crippen molar-refractivity contribution >= 4 is 5.97 Å². The SMILES string of the molecule is COC(=O)c1ccc(OC)c(C[C@@H](C)N)c1. The highest BCUT2D eigenvalue weighted by atomic mass is 16.5. The van der Waals surface area contributed by atoms with Crippen LogP contribution in [-0.2, 0) is 11.2 Å². The highest BCUT2D eigenvalue weighted by Gasteiger charge is 2.11. The summed E-state index contributed by atoms with van der Waals surface area (Å²) in [5.74, 6) is 0.388. The molecule has 0 fully saturated rings. The summed E-state index contributed by atoms with van der Waals surface area (Å²) in [6.07, 6.45) is 0.661. The Labute approximate surface area is 95.3 Å². The van der Waals surface area contributed by atoms with Gasteiger partial charge in [-0.1, -0.05) is 0 Å². The zero-order valence-corrected chi connectivity index (χ0v) is 9.82. The summed E-state index contributed by atoms with van der Waals surface area (Å²) in [5, 5.41) is 0. The van der Waals surface area contributed by atoms with Gasteiger partial charge in [-0.15, -0.1) is 0 Å². The quantitative estimate of drug-likeness (QED) is 0.783. The molecule has 0 aromatic heterocycles. The van der Waals surface area contributed by atoms with Crippen LogP contribution >= 0.6 is 0 Å². The molecule has 4 nitrogen and oxygen atoms in total. The van der Waals surface area contributed by atoms with Gasteiger partial charge in [0.15, 0.2) is 0 Å². The zero-order chi connectivity index (χ0) is 12.1. The second-order valence-electron chi connectivity index (χ2n) is 3.70. The van der Waals surface area contributed by atoms with Crippen molar-refractivity contribution in [3.05, 3.63) is 29.3 Å². The molecule has 0 radical (unpaired) electrons. The summed E-state index contributed by atoms with van der Waals surface area (Å²) in [5.41, 5.74) is 7.16. The Bertz CT molecular complexity index is 375. The van der Waals surface area contributed by atoms with E-state index < -0.39 is 0 Å². The number of benzene rings is 1. The van der Waals surface area contributed by atoms with Crippen LogP contribution < -0.4 is 10.5 Å². The van der Waals surface area contributed by atoms with Gasteiger partial charge in [0.1, 0.15) is 5.75 Å². The molecule has 0 bridgehead atoms. The van der Waals surface area contributed by atoms with Crippen LogP contribution in [0.15, 0.2) is 18.2 Å². The van der Waals surface area contributed by atoms with E-state index in [0.717, 1.165) is 11.3 Å². The zero-order valence-electron chi connectivity index (χ0n) is 9.82. The number of esters is 1. The Morgan fingerprint density at radius 2 is 2.12 bits per heavy atom. The highest BCUT2D eigenvalue weighted by molar-refractivity contribution is 5.89. The predicted octanol–water partition coefficient (Wildman–Crippen LogP) is 1.37. The van der Waals surface area contributed by atoms with E-state index in [1.54, 1.807) is 25.3 Å². The Morgan fingerprint density at radius 1 is 1.44 bits per heavy atom. The summed E-state index contributed by atoms with van der Waals surface area (Å²) in [6.45, 7) is 1.91. The van der Waals surface area contributed by atoms with Gasteiger partial charge in [0.05, 0.1) is 19.8 Å². The van der Waals surface area contributed by atoms with E-state index in [-0.39, 0.29) is 12.0 Å². The van der Waals surface area contributed by atoms with Gasteiger partial charge in [-0.2, -0.15) is 0 Å². The fraction of sp³-hybridized carbons (Fsp3) is 0.417. The average molecular weight is 223 g/mol. The molecule has 4 heteroatoms. The van der Waals surface area contributed by atoms with Crippen LogP contribution in [-0.4, -0.2) is 26.2 Å². The first kappa shape index (κ1) is 12.5. The first-order chi connectivity index (χ1) is 7.58. The van der Waals surface area contributed by atoms with Crippen LogP contribution in [0.1, 0.15) is 22.8 Å². The van der Waals surface area contributed by atoms with Gasteiger partial charge in [-0.25, -0.2) is 4.79 Å². The second-order valence-corrected chi connectivity index (χ2v) is 3.70. The van der Waals surface area contributed by atoms with Crippen molar-refractivity contribution in [2.75, 3.05) is 14.2 Å². The van der Waals surface area contributed by atoms with Crippen LogP contribution in [0, 0.1) is 0 Å². The minimum atomic E-state index is -0.353. The normalized spacial score (nSPS) is 12.0. The van der Waals surface area contributed by atoms with Gasteiger partial charge >= 0.3 is 5.97 Å². The van der Waals surface area contributed by atoms with E-state index in [9.17, 15) is 4.79 Å². The van der Waals surface area contributed by atoms with Gasteiger partial charge in [-0.05, 0) is 37.1 Å². The molecule has 16 heavy (non-hydrogen) atoms. The highest BCUT2D eigenvalue weighted by Crippen LogP contribution is 2.21. The molecule has 1 aromatic carbocycles. The predicted molar refractivity (Wildman–Crippen MR) is 61.7 cm³/mol. The van der Waals surface area contributed by atoms with Gasteiger partial charge in [0.2, 0.25) is 0 Å². The molecule has 1 aromatic rings. The van der Waals surface area contributed by atoms with Gasteiger partial charge in [-0.3, -0.25) is 0 Å². The van der Waals surface area contributed by atoms with Gasteiger partial charge in [0.25, 0.3) is 0 Å². The van der Waals surface area contributed by atoms with Crippen molar-refractivity contribution in [1.29, 1.82) is 0 Å². The number of rotatable bonds is 4. The lowest BCUT2D eigenvalue weighted by Crippen LogP contribution is -2.18. The fourth-order valence-electron chi connectivity index (χ4n) is 1.53. The third-order valence-corrected chi connectivity index (χ3v) is 2.24. The minimum Gasteiger partial charge on any atom is -0.496 e. The lowest BCUT2D eigenvalue weighted by Gasteiger charge is -2.11. The molecule has 88 valence electrons. The van der Waals surface area contributed by atoms with E-state index in [0.29, 0.717) is 12.0 Å². The molecule has 0 unspecified atom stereocenters. The standard InChI is InChI=1S/C12H17NO3/c1-8(13)6-10-7-9(12(14)16-3)4-5-11(10)15-2/h4-5,7-8H,6,13H2,1-3H3/t8-/m1/s1. The third-order valence-electron chi connectivity index (χ3n) is 2.24. The topological polar surface area (TPSA) is 61.5 Å². The van der Waals surface area contributed by atoms with Crippen molar-refractivity contribution in [3.63, 3.8) is 0 Å². The number of carbonyl (C=O) groups is 1. The third kappa shape index (κ3) is 2.97. The Hall–Kier alpha value is -1.55. The maximum absolute atomic E-state index is 11.4. The maximum atomic E-state index is 11.4. The number of hydrogen-bond acceptors (Lipinski definition) is 4. The smallest absolute Gasteiger partial charge is 0.337 e. The summed E-state index contributed by atoms with van der Waals surface area (Å²) in [7, 11) is 2.95. The lowest BCUT2D eigenvalue weighted by atomic mass is 10.0. The molecular weight excluding hydrogens is 206 g/mol. The maximum Gasteiger partial charge on any atom is 0.337 e. The summed E-state index contributed by atoms with van der Waals surface area (Å²) >= 11 is 0. The van der Waals surface area contributed by atoms with Gasteiger partial charge < -0.3 is 15.2 Å². The molecule has 0 aliphatic rings. The van der Waals surface area contributed by atoms with Crippen LogP contribution in [0.2, 0.25) is 0 Å². The Balaban J connectivity index is 3.05. The lowest BCUT2D eigenvalue weighted by molar-refractivity contribution is 0.0600. The summed E-state index contributed by atoms with van der Waals surface area (Å²) in [6, 6.07) is 5.20. The minimum absolute atomic E-state index is 0.0156. The van der Waals surface area contributed by atoms with Gasteiger partial charge in [0, 0.05) is 6.04 Å². The van der Waals surface area contributed by atoms with Crippen LogP contribution in [0.5, 0.6) is 5.75 Å². The van der Waals surface area contributed by atoms with E-state index in [1.807, 2.05) is 6.92 Å². The molecule has 1 rings (SSSR count). The fourth-order valence-corrected chi connectivity index (χ4v) is 1.53.